The number of amides is 1. The van der Waals surface area contributed by atoms with E-state index in [1.807, 2.05) is 66.0 Å². The first-order chi connectivity index (χ1) is 14.5. The summed E-state index contributed by atoms with van der Waals surface area (Å²) in [6.45, 7) is 6.31. The molecule has 0 aliphatic carbocycles. The van der Waals surface area contributed by atoms with Gasteiger partial charge >= 0.3 is 0 Å². The summed E-state index contributed by atoms with van der Waals surface area (Å²) in [4.78, 5) is 18.0. The number of hydrogen-bond acceptors (Lipinski definition) is 3. The second-order valence-electron chi connectivity index (χ2n) is 7.56. The standard InChI is InChI=1S/C26H24N2OS/c1-17-14-18(2)23(19(3)15-17)22-16-30-26(27-22)28-25(29)24(20-10-6-4-7-11-20)21-12-8-5-9-13-21/h4-16,24H,1-3H3,(H,27,28,29). The van der Waals surface area contributed by atoms with Crippen LogP contribution in [0.25, 0.3) is 11.3 Å². The van der Waals surface area contributed by atoms with Crippen LogP contribution in [-0.4, -0.2) is 10.9 Å². The molecule has 1 aromatic heterocycles. The zero-order chi connectivity index (χ0) is 21.1. The predicted molar refractivity (Wildman–Crippen MR) is 125 cm³/mol. The third kappa shape index (κ3) is 4.19. The fourth-order valence-electron chi connectivity index (χ4n) is 3.99. The molecule has 3 aromatic carbocycles. The molecule has 1 amide bonds. The molecule has 1 heterocycles. The van der Waals surface area contributed by atoms with Crippen molar-refractivity contribution in [1.82, 2.24) is 4.98 Å². The zero-order valence-corrected chi connectivity index (χ0v) is 18.2. The molecule has 0 saturated heterocycles. The molecule has 0 spiro atoms. The Kier molecular flexibility index (Phi) is 5.77. The molecular weight excluding hydrogens is 388 g/mol. The molecule has 0 aliphatic rings. The number of nitrogens with zero attached hydrogens (tertiary/aromatic N) is 1. The van der Waals surface area contributed by atoms with Gasteiger partial charge in [-0.05, 0) is 43.0 Å². The molecule has 0 atom stereocenters. The van der Waals surface area contributed by atoms with Gasteiger partial charge in [0.15, 0.2) is 5.13 Å². The molecule has 150 valence electrons. The van der Waals surface area contributed by atoms with Crippen molar-refractivity contribution in [2.45, 2.75) is 26.7 Å². The van der Waals surface area contributed by atoms with Gasteiger partial charge in [-0.2, -0.15) is 0 Å². The van der Waals surface area contributed by atoms with E-state index >= 15 is 0 Å². The Balaban J connectivity index is 1.63. The van der Waals surface area contributed by atoms with Gasteiger partial charge in [0.2, 0.25) is 5.91 Å². The van der Waals surface area contributed by atoms with Crippen molar-refractivity contribution in [3.05, 3.63) is 106 Å². The Labute approximate surface area is 181 Å². The molecule has 0 radical (unpaired) electrons. The Bertz CT molecular complexity index is 1100. The van der Waals surface area contributed by atoms with Crippen LogP contribution in [0.2, 0.25) is 0 Å². The quantitative estimate of drug-likeness (QED) is 0.406. The third-order valence-corrected chi connectivity index (χ3v) is 5.95. The van der Waals surface area contributed by atoms with E-state index in [1.165, 1.54) is 28.0 Å². The summed E-state index contributed by atoms with van der Waals surface area (Å²) in [5.41, 5.74) is 7.60. The van der Waals surface area contributed by atoms with Gasteiger partial charge in [-0.1, -0.05) is 78.4 Å². The van der Waals surface area contributed by atoms with E-state index in [9.17, 15) is 4.79 Å². The van der Waals surface area contributed by atoms with Crippen molar-refractivity contribution in [3.8, 4) is 11.3 Å². The molecular formula is C26H24N2OS. The van der Waals surface area contributed by atoms with Crippen LogP contribution in [0, 0.1) is 20.8 Å². The molecule has 0 unspecified atom stereocenters. The van der Waals surface area contributed by atoms with Gasteiger partial charge in [-0.25, -0.2) is 4.98 Å². The second kappa shape index (κ2) is 8.64. The van der Waals surface area contributed by atoms with Gasteiger partial charge in [0.05, 0.1) is 11.6 Å². The molecule has 0 bridgehead atoms. The maximum Gasteiger partial charge on any atom is 0.238 e. The van der Waals surface area contributed by atoms with Gasteiger partial charge in [0.25, 0.3) is 0 Å². The van der Waals surface area contributed by atoms with Gasteiger partial charge in [0.1, 0.15) is 0 Å². The predicted octanol–water partition coefficient (Wildman–Crippen LogP) is 6.51. The van der Waals surface area contributed by atoms with Crippen LogP contribution < -0.4 is 5.32 Å². The lowest BCUT2D eigenvalue weighted by Gasteiger charge is -2.17. The number of carbonyl (C=O) groups is 1. The summed E-state index contributed by atoms with van der Waals surface area (Å²) in [7, 11) is 0. The van der Waals surface area contributed by atoms with E-state index in [-0.39, 0.29) is 11.8 Å². The van der Waals surface area contributed by atoms with Gasteiger partial charge < -0.3 is 5.32 Å². The second-order valence-corrected chi connectivity index (χ2v) is 8.41. The Morgan fingerprint density at radius 3 is 1.93 bits per heavy atom. The monoisotopic (exact) mass is 412 g/mol. The maximum absolute atomic E-state index is 13.3. The molecule has 30 heavy (non-hydrogen) atoms. The zero-order valence-electron chi connectivity index (χ0n) is 17.3. The van der Waals surface area contributed by atoms with Crippen LogP contribution >= 0.6 is 11.3 Å². The summed E-state index contributed by atoms with van der Waals surface area (Å²) in [5.74, 6) is -0.465. The lowest BCUT2D eigenvalue weighted by Crippen LogP contribution is -2.22. The van der Waals surface area contributed by atoms with E-state index in [4.69, 9.17) is 4.98 Å². The molecule has 0 saturated carbocycles. The number of thiazole rings is 1. The minimum atomic E-state index is -0.386. The summed E-state index contributed by atoms with van der Waals surface area (Å²) in [5, 5.41) is 5.68. The summed E-state index contributed by atoms with van der Waals surface area (Å²) < 4.78 is 0. The van der Waals surface area contributed by atoms with Crippen LogP contribution in [0.1, 0.15) is 33.7 Å². The van der Waals surface area contributed by atoms with Crippen LogP contribution in [0.4, 0.5) is 5.13 Å². The number of aromatic nitrogens is 1. The van der Waals surface area contributed by atoms with Gasteiger partial charge in [-0.15, -0.1) is 11.3 Å². The largest absolute Gasteiger partial charge is 0.301 e. The summed E-state index contributed by atoms with van der Waals surface area (Å²) >= 11 is 1.46. The highest BCUT2D eigenvalue weighted by Crippen LogP contribution is 2.32. The summed E-state index contributed by atoms with van der Waals surface area (Å²) in [6, 6.07) is 24.1. The fraction of sp³-hybridized carbons (Fsp3) is 0.154. The first kappa shape index (κ1) is 20.0. The normalized spacial score (nSPS) is 10.9. The number of nitrogens with one attached hydrogen (secondary N) is 1. The van der Waals surface area contributed by atoms with E-state index in [0.717, 1.165) is 22.4 Å². The minimum Gasteiger partial charge on any atom is -0.301 e. The van der Waals surface area contributed by atoms with Crippen molar-refractivity contribution in [3.63, 3.8) is 0 Å². The van der Waals surface area contributed by atoms with Crippen LogP contribution in [0.3, 0.4) is 0 Å². The molecule has 0 aliphatic heterocycles. The molecule has 0 fully saturated rings. The number of aryl methyl sites for hydroxylation is 3. The Morgan fingerprint density at radius 1 is 0.867 bits per heavy atom. The van der Waals surface area contributed by atoms with Crippen molar-refractivity contribution >= 4 is 22.4 Å². The topological polar surface area (TPSA) is 42.0 Å². The van der Waals surface area contributed by atoms with Crippen molar-refractivity contribution in [2.75, 3.05) is 5.32 Å². The van der Waals surface area contributed by atoms with E-state index in [2.05, 4.69) is 38.2 Å². The highest BCUT2D eigenvalue weighted by atomic mass is 32.1. The van der Waals surface area contributed by atoms with E-state index in [1.54, 1.807) is 0 Å². The number of hydrogen-bond donors (Lipinski definition) is 1. The first-order valence-corrected chi connectivity index (χ1v) is 10.9. The highest BCUT2D eigenvalue weighted by molar-refractivity contribution is 7.14. The number of benzene rings is 3. The lowest BCUT2D eigenvalue weighted by molar-refractivity contribution is -0.116. The first-order valence-electron chi connectivity index (χ1n) is 9.97. The number of carbonyl (C=O) groups excluding carboxylic acids is 1. The smallest absolute Gasteiger partial charge is 0.238 e. The molecule has 3 nitrogen and oxygen atoms in total. The van der Waals surface area contributed by atoms with Crippen molar-refractivity contribution in [2.24, 2.45) is 0 Å². The van der Waals surface area contributed by atoms with Gasteiger partial charge in [0, 0.05) is 10.9 Å². The van der Waals surface area contributed by atoms with Crippen molar-refractivity contribution in [1.29, 1.82) is 0 Å². The fourth-order valence-corrected chi connectivity index (χ4v) is 4.70. The maximum atomic E-state index is 13.3. The van der Waals surface area contributed by atoms with E-state index in [0.29, 0.717) is 5.13 Å². The Morgan fingerprint density at radius 2 is 1.40 bits per heavy atom. The molecule has 4 rings (SSSR count). The number of anilines is 1. The number of rotatable bonds is 5. The third-order valence-electron chi connectivity index (χ3n) is 5.20. The Hall–Kier alpha value is -3.24. The van der Waals surface area contributed by atoms with Crippen molar-refractivity contribution < 1.29 is 4.79 Å². The lowest BCUT2D eigenvalue weighted by atomic mass is 9.90. The van der Waals surface area contributed by atoms with Crippen LogP contribution in [0.5, 0.6) is 0 Å². The summed E-state index contributed by atoms with van der Waals surface area (Å²) in [6.07, 6.45) is 0. The van der Waals surface area contributed by atoms with E-state index < -0.39 is 0 Å². The molecule has 1 N–H and O–H groups in total. The van der Waals surface area contributed by atoms with Crippen LogP contribution in [-0.2, 0) is 4.79 Å². The SMILES string of the molecule is Cc1cc(C)c(-c2csc(NC(=O)C(c3ccccc3)c3ccccc3)n2)c(C)c1. The average Bonchev–Trinajstić information content (AvgIpc) is 3.17. The molecule has 4 aromatic rings. The molecule has 4 heteroatoms. The van der Waals surface area contributed by atoms with Crippen LogP contribution in [0.15, 0.2) is 78.2 Å². The average molecular weight is 413 g/mol. The highest BCUT2D eigenvalue weighted by Gasteiger charge is 2.23. The van der Waals surface area contributed by atoms with Gasteiger partial charge in [-0.3, -0.25) is 4.79 Å². The minimum absolute atomic E-state index is 0.0781.